The molecule has 0 spiro atoms. The number of hydrogen-bond donors (Lipinski definition) is 1. The Kier molecular flexibility index (Phi) is 3.78. The molecule has 2 heterocycles. The zero-order valence-corrected chi connectivity index (χ0v) is 13.1. The SMILES string of the molecule is CCc1nn(C)c(Cn2cc(C(C)(C)O)nn2)c1Br. The molecule has 0 saturated heterocycles. The second-order valence-electron chi connectivity index (χ2n) is 5.04. The molecule has 0 saturated carbocycles. The largest absolute Gasteiger partial charge is 0.384 e. The summed E-state index contributed by atoms with van der Waals surface area (Å²) in [6, 6.07) is 0. The van der Waals surface area contributed by atoms with Crippen molar-refractivity contribution in [2.24, 2.45) is 7.05 Å². The fraction of sp³-hybridized carbons (Fsp3) is 0.583. The molecule has 0 aliphatic rings. The van der Waals surface area contributed by atoms with Crippen molar-refractivity contribution in [1.82, 2.24) is 24.8 Å². The monoisotopic (exact) mass is 327 g/mol. The van der Waals surface area contributed by atoms with E-state index in [9.17, 15) is 5.11 Å². The summed E-state index contributed by atoms with van der Waals surface area (Å²) in [6.07, 6.45) is 2.63. The van der Waals surface area contributed by atoms with Crippen LogP contribution in [0.5, 0.6) is 0 Å². The molecular formula is C12H18BrN5O. The highest BCUT2D eigenvalue weighted by atomic mass is 79.9. The normalized spacial score (nSPS) is 12.1. The van der Waals surface area contributed by atoms with E-state index in [0.717, 1.165) is 22.3 Å². The van der Waals surface area contributed by atoms with Gasteiger partial charge in [-0.2, -0.15) is 5.10 Å². The van der Waals surface area contributed by atoms with E-state index in [2.05, 4.69) is 38.3 Å². The van der Waals surface area contributed by atoms with E-state index in [1.54, 1.807) is 24.7 Å². The van der Waals surface area contributed by atoms with Gasteiger partial charge >= 0.3 is 0 Å². The predicted octanol–water partition coefficient (Wildman–Crippen LogP) is 1.61. The average Bonchev–Trinajstić information content (AvgIpc) is 2.88. The van der Waals surface area contributed by atoms with Gasteiger partial charge in [-0.25, -0.2) is 4.68 Å². The summed E-state index contributed by atoms with van der Waals surface area (Å²) in [7, 11) is 1.91. The van der Waals surface area contributed by atoms with E-state index in [1.807, 2.05) is 11.7 Å². The third-order valence-corrected chi connectivity index (χ3v) is 3.90. The van der Waals surface area contributed by atoms with Crippen LogP contribution in [0.3, 0.4) is 0 Å². The number of halogens is 1. The van der Waals surface area contributed by atoms with Crippen LogP contribution in [0, 0.1) is 0 Å². The Morgan fingerprint density at radius 3 is 2.58 bits per heavy atom. The van der Waals surface area contributed by atoms with E-state index in [0.29, 0.717) is 12.2 Å². The molecule has 6 nitrogen and oxygen atoms in total. The molecule has 2 aromatic heterocycles. The van der Waals surface area contributed by atoms with Crippen molar-refractivity contribution < 1.29 is 5.11 Å². The van der Waals surface area contributed by atoms with Crippen molar-refractivity contribution >= 4 is 15.9 Å². The number of aliphatic hydroxyl groups is 1. The molecule has 0 fully saturated rings. The summed E-state index contributed by atoms with van der Waals surface area (Å²) in [5.41, 5.74) is 1.64. The number of rotatable bonds is 4. The first-order valence-corrected chi connectivity index (χ1v) is 6.95. The van der Waals surface area contributed by atoms with Gasteiger partial charge in [-0.1, -0.05) is 12.1 Å². The highest BCUT2D eigenvalue weighted by Gasteiger charge is 2.21. The Bertz CT molecular complexity index is 581. The van der Waals surface area contributed by atoms with Crippen molar-refractivity contribution in [2.75, 3.05) is 0 Å². The smallest absolute Gasteiger partial charge is 0.114 e. The summed E-state index contributed by atoms with van der Waals surface area (Å²) in [6.45, 7) is 6.01. The summed E-state index contributed by atoms with van der Waals surface area (Å²) >= 11 is 3.57. The third kappa shape index (κ3) is 2.87. The molecule has 0 bridgehead atoms. The maximum Gasteiger partial charge on any atom is 0.114 e. The second-order valence-corrected chi connectivity index (χ2v) is 5.84. The maximum atomic E-state index is 9.88. The molecule has 0 atom stereocenters. The van der Waals surface area contributed by atoms with Crippen LogP contribution >= 0.6 is 15.9 Å². The Morgan fingerprint density at radius 1 is 1.42 bits per heavy atom. The minimum Gasteiger partial charge on any atom is -0.384 e. The lowest BCUT2D eigenvalue weighted by atomic mass is 10.1. The van der Waals surface area contributed by atoms with Gasteiger partial charge in [0.15, 0.2) is 0 Å². The molecule has 2 rings (SSSR count). The van der Waals surface area contributed by atoms with Crippen LogP contribution in [0.4, 0.5) is 0 Å². The van der Waals surface area contributed by atoms with Crippen LogP contribution in [0.25, 0.3) is 0 Å². The standard InChI is InChI=1S/C12H18BrN5O/c1-5-8-11(13)9(17(4)15-8)6-18-7-10(14-16-18)12(2,3)19/h7,19H,5-6H2,1-4H3. The van der Waals surface area contributed by atoms with E-state index in [4.69, 9.17) is 0 Å². The lowest BCUT2D eigenvalue weighted by molar-refractivity contribution is 0.0737. The molecule has 104 valence electrons. The van der Waals surface area contributed by atoms with Gasteiger partial charge in [-0.3, -0.25) is 4.68 Å². The first-order chi connectivity index (χ1) is 8.82. The van der Waals surface area contributed by atoms with Crippen LogP contribution in [0.1, 0.15) is 37.9 Å². The van der Waals surface area contributed by atoms with E-state index < -0.39 is 5.60 Å². The first kappa shape index (κ1) is 14.2. The average molecular weight is 328 g/mol. The van der Waals surface area contributed by atoms with Gasteiger partial charge < -0.3 is 5.11 Å². The molecule has 0 radical (unpaired) electrons. The Hall–Kier alpha value is -1.21. The fourth-order valence-electron chi connectivity index (χ4n) is 1.80. The van der Waals surface area contributed by atoms with Crippen LogP contribution in [-0.4, -0.2) is 29.9 Å². The van der Waals surface area contributed by atoms with Crippen LogP contribution in [0.15, 0.2) is 10.7 Å². The van der Waals surface area contributed by atoms with Gasteiger partial charge in [0.05, 0.1) is 28.6 Å². The van der Waals surface area contributed by atoms with Gasteiger partial charge in [0.25, 0.3) is 0 Å². The van der Waals surface area contributed by atoms with E-state index >= 15 is 0 Å². The lowest BCUT2D eigenvalue weighted by Gasteiger charge is -2.11. The minimum absolute atomic E-state index is 0.557. The molecule has 0 unspecified atom stereocenters. The topological polar surface area (TPSA) is 68.8 Å². The van der Waals surface area contributed by atoms with Gasteiger partial charge in [0.1, 0.15) is 11.3 Å². The van der Waals surface area contributed by atoms with E-state index in [-0.39, 0.29) is 0 Å². The third-order valence-electron chi connectivity index (χ3n) is 2.98. The van der Waals surface area contributed by atoms with E-state index in [1.165, 1.54) is 0 Å². The highest BCUT2D eigenvalue weighted by molar-refractivity contribution is 9.10. The summed E-state index contributed by atoms with van der Waals surface area (Å²) in [5, 5.41) is 22.3. The minimum atomic E-state index is -0.976. The van der Waals surface area contributed by atoms with Gasteiger partial charge in [-0.15, -0.1) is 5.10 Å². The highest BCUT2D eigenvalue weighted by Crippen LogP contribution is 2.23. The molecule has 0 aliphatic carbocycles. The molecule has 0 aliphatic heterocycles. The molecule has 2 aromatic rings. The Labute approximate surface area is 120 Å². The fourth-order valence-corrected chi connectivity index (χ4v) is 2.54. The van der Waals surface area contributed by atoms with Crippen molar-refractivity contribution in [3.8, 4) is 0 Å². The number of nitrogens with zero attached hydrogens (tertiary/aromatic N) is 5. The maximum absolute atomic E-state index is 9.88. The van der Waals surface area contributed by atoms with Gasteiger partial charge in [-0.05, 0) is 36.2 Å². The zero-order valence-electron chi connectivity index (χ0n) is 11.6. The van der Waals surface area contributed by atoms with Crippen molar-refractivity contribution in [3.63, 3.8) is 0 Å². The lowest BCUT2D eigenvalue weighted by Crippen LogP contribution is -2.15. The zero-order chi connectivity index (χ0) is 14.2. The van der Waals surface area contributed by atoms with Crippen molar-refractivity contribution in [3.05, 3.63) is 27.8 Å². The Morgan fingerprint density at radius 2 is 2.11 bits per heavy atom. The summed E-state index contributed by atoms with van der Waals surface area (Å²) in [5.74, 6) is 0. The van der Waals surface area contributed by atoms with Crippen LogP contribution < -0.4 is 0 Å². The first-order valence-electron chi connectivity index (χ1n) is 6.16. The summed E-state index contributed by atoms with van der Waals surface area (Å²) < 4.78 is 4.56. The van der Waals surface area contributed by atoms with Crippen LogP contribution in [-0.2, 0) is 25.6 Å². The quantitative estimate of drug-likeness (QED) is 0.926. The molecule has 7 heteroatoms. The predicted molar refractivity (Wildman–Crippen MR) is 74.7 cm³/mol. The summed E-state index contributed by atoms with van der Waals surface area (Å²) in [4.78, 5) is 0. The number of aromatic nitrogens is 5. The Balaban J connectivity index is 2.27. The van der Waals surface area contributed by atoms with Crippen molar-refractivity contribution in [2.45, 2.75) is 39.3 Å². The number of aryl methyl sites for hydroxylation is 2. The van der Waals surface area contributed by atoms with Gasteiger partial charge in [0, 0.05) is 7.05 Å². The molecule has 0 amide bonds. The van der Waals surface area contributed by atoms with Crippen LogP contribution in [0.2, 0.25) is 0 Å². The number of hydrogen-bond acceptors (Lipinski definition) is 4. The molecule has 0 aromatic carbocycles. The second kappa shape index (κ2) is 5.05. The molecule has 19 heavy (non-hydrogen) atoms. The molecule has 1 N–H and O–H groups in total. The molecular weight excluding hydrogens is 310 g/mol. The van der Waals surface area contributed by atoms with Crippen molar-refractivity contribution in [1.29, 1.82) is 0 Å². The van der Waals surface area contributed by atoms with Gasteiger partial charge in [0.2, 0.25) is 0 Å².